The maximum absolute atomic E-state index is 14.3. The van der Waals surface area contributed by atoms with Crippen LogP contribution in [0.1, 0.15) is 29.8 Å². The second-order valence-electron chi connectivity index (χ2n) is 5.11. The number of rotatable bonds is 4. The number of thiazole rings is 1. The molecule has 0 fully saturated rings. The second kappa shape index (κ2) is 6.72. The quantitative estimate of drug-likeness (QED) is 0.527. The molecule has 3 aromatic rings. The number of aromatic nitrogens is 1. The highest BCUT2D eigenvalue weighted by molar-refractivity contribution is 7.16. The molecule has 5 nitrogen and oxygen atoms in total. The first kappa shape index (κ1) is 17.2. The van der Waals surface area contributed by atoms with Gasteiger partial charge in [0.15, 0.2) is 11.6 Å². The summed E-state index contributed by atoms with van der Waals surface area (Å²) in [6.45, 7) is 3.84. The molecule has 1 aromatic carbocycles. The fourth-order valence-corrected chi connectivity index (χ4v) is 3.49. The molecule has 0 amide bonds. The number of aliphatic imine (C=N–C) groups is 1. The van der Waals surface area contributed by atoms with Crippen molar-refractivity contribution in [1.82, 2.24) is 4.40 Å². The van der Waals surface area contributed by atoms with Gasteiger partial charge in [0, 0.05) is 24.3 Å². The van der Waals surface area contributed by atoms with Crippen LogP contribution in [0.2, 0.25) is 0 Å². The smallest absolute Gasteiger partial charge is 0.345 e. The Labute approximate surface area is 145 Å². The van der Waals surface area contributed by atoms with Gasteiger partial charge in [0.1, 0.15) is 10.4 Å². The number of nitrogens with zero attached hydrogens (tertiary/aromatic N) is 2. The SMILES string of the molecule is CCN=Cc1c(F)c(F)cc2c(=O)c(C(=O)OCC)c3sccn3c12. The van der Waals surface area contributed by atoms with Gasteiger partial charge < -0.3 is 9.14 Å². The summed E-state index contributed by atoms with van der Waals surface area (Å²) >= 11 is 1.14. The van der Waals surface area contributed by atoms with Crippen LogP contribution in [0.4, 0.5) is 8.78 Å². The third-order valence-electron chi connectivity index (χ3n) is 3.64. The molecule has 2 heterocycles. The normalized spacial score (nSPS) is 11.7. The number of hydrogen-bond acceptors (Lipinski definition) is 5. The fourth-order valence-electron chi connectivity index (χ4n) is 2.62. The highest BCUT2D eigenvalue weighted by atomic mass is 32.1. The lowest BCUT2D eigenvalue weighted by Crippen LogP contribution is -2.20. The number of carbonyl (C=O) groups is 1. The lowest BCUT2D eigenvalue weighted by atomic mass is 10.1. The largest absolute Gasteiger partial charge is 0.462 e. The van der Waals surface area contributed by atoms with Crippen molar-refractivity contribution in [3.63, 3.8) is 0 Å². The molecule has 0 N–H and O–H groups in total. The molecule has 3 rings (SSSR count). The summed E-state index contributed by atoms with van der Waals surface area (Å²) in [4.78, 5) is 29.3. The number of halogens is 2. The Morgan fingerprint density at radius 2 is 2.16 bits per heavy atom. The average molecular weight is 364 g/mol. The second-order valence-corrected chi connectivity index (χ2v) is 6.01. The summed E-state index contributed by atoms with van der Waals surface area (Å²) in [5, 5.41) is 1.55. The van der Waals surface area contributed by atoms with Crippen LogP contribution in [-0.4, -0.2) is 29.7 Å². The van der Waals surface area contributed by atoms with Gasteiger partial charge in [0.2, 0.25) is 5.43 Å². The van der Waals surface area contributed by atoms with Crippen molar-refractivity contribution in [2.24, 2.45) is 4.99 Å². The van der Waals surface area contributed by atoms with Gasteiger partial charge in [-0.2, -0.15) is 0 Å². The molecule has 2 aromatic heterocycles. The van der Waals surface area contributed by atoms with E-state index in [1.807, 2.05) is 0 Å². The maximum atomic E-state index is 14.3. The third-order valence-corrected chi connectivity index (χ3v) is 4.53. The van der Waals surface area contributed by atoms with Gasteiger partial charge in [-0.1, -0.05) is 0 Å². The minimum atomic E-state index is -1.17. The van der Waals surface area contributed by atoms with E-state index in [9.17, 15) is 18.4 Å². The Balaban J connectivity index is 2.53. The van der Waals surface area contributed by atoms with Crippen LogP contribution < -0.4 is 5.43 Å². The van der Waals surface area contributed by atoms with Gasteiger partial charge in [0.25, 0.3) is 0 Å². The molecular formula is C17H14F2N2O3S. The zero-order valence-electron chi connectivity index (χ0n) is 13.5. The van der Waals surface area contributed by atoms with E-state index in [0.717, 1.165) is 17.4 Å². The Bertz CT molecular complexity index is 1070. The van der Waals surface area contributed by atoms with E-state index in [1.54, 1.807) is 25.4 Å². The third kappa shape index (κ3) is 2.72. The van der Waals surface area contributed by atoms with Gasteiger partial charge >= 0.3 is 5.97 Å². The summed E-state index contributed by atoms with van der Waals surface area (Å²) in [5.74, 6) is -3.05. The molecule has 0 radical (unpaired) electrons. The monoisotopic (exact) mass is 364 g/mol. The lowest BCUT2D eigenvalue weighted by Gasteiger charge is -2.11. The fraction of sp³-hybridized carbons (Fsp3) is 0.235. The van der Waals surface area contributed by atoms with Crippen LogP contribution in [-0.2, 0) is 4.74 Å². The zero-order valence-corrected chi connectivity index (χ0v) is 14.3. The predicted molar refractivity (Wildman–Crippen MR) is 93.1 cm³/mol. The first-order chi connectivity index (χ1) is 12.0. The number of carbonyl (C=O) groups excluding carboxylic acids is 1. The van der Waals surface area contributed by atoms with Crippen molar-refractivity contribution in [2.75, 3.05) is 13.2 Å². The van der Waals surface area contributed by atoms with Crippen molar-refractivity contribution in [3.8, 4) is 0 Å². The van der Waals surface area contributed by atoms with Crippen LogP contribution in [0.25, 0.3) is 15.7 Å². The van der Waals surface area contributed by atoms with Crippen LogP contribution in [0.5, 0.6) is 0 Å². The standard InChI is InChI=1S/C17H14F2N2O3S/c1-3-20-8-10-13(19)11(18)7-9-14(10)21-5-6-25-16(21)12(15(9)22)17(23)24-4-2/h5-8H,3-4H2,1-2H3. The van der Waals surface area contributed by atoms with E-state index < -0.39 is 23.0 Å². The topological polar surface area (TPSA) is 60.1 Å². The summed E-state index contributed by atoms with van der Waals surface area (Å²) in [6, 6.07) is 0.809. The molecule has 0 saturated heterocycles. The van der Waals surface area contributed by atoms with Crippen LogP contribution in [0.3, 0.4) is 0 Å². The van der Waals surface area contributed by atoms with Crippen molar-refractivity contribution in [3.05, 3.63) is 50.6 Å². The zero-order chi connectivity index (χ0) is 18.1. The summed E-state index contributed by atoms with van der Waals surface area (Å²) in [7, 11) is 0. The summed E-state index contributed by atoms with van der Waals surface area (Å²) in [5.41, 5.74) is -0.835. The number of pyridine rings is 1. The van der Waals surface area contributed by atoms with Crippen LogP contribution in [0.15, 0.2) is 27.4 Å². The van der Waals surface area contributed by atoms with Crippen molar-refractivity contribution in [2.45, 2.75) is 13.8 Å². The Morgan fingerprint density at radius 1 is 1.40 bits per heavy atom. The van der Waals surface area contributed by atoms with Crippen molar-refractivity contribution >= 4 is 39.3 Å². The highest BCUT2D eigenvalue weighted by Gasteiger charge is 2.24. The van der Waals surface area contributed by atoms with Crippen LogP contribution >= 0.6 is 11.3 Å². The molecule has 0 spiro atoms. The lowest BCUT2D eigenvalue weighted by molar-refractivity contribution is 0.0527. The Hall–Kier alpha value is -2.61. The highest BCUT2D eigenvalue weighted by Crippen LogP contribution is 2.27. The molecular weight excluding hydrogens is 350 g/mol. The van der Waals surface area contributed by atoms with Gasteiger partial charge in [-0.05, 0) is 19.9 Å². The maximum Gasteiger partial charge on any atom is 0.345 e. The molecule has 0 bridgehead atoms. The van der Waals surface area contributed by atoms with Crippen molar-refractivity contribution in [1.29, 1.82) is 0 Å². The number of esters is 1. The molecule has 8 heteroatoms. The van der Waals surface area contributed by atoms with Gasteiger partial charge in [-0.3, -0.25) is 9.79 Å². The number of ether oxygens (including phenoxy) is 1. The molecule has 25 heavy (non-hydrogen) atoms. The van der Waals surface area contributed by atoms with E-state index in [2.05, 4.69) is 4.99 Å². The molecule has 130 valence electrons. The van der Waals surface area contributed by atoms with E-state index in [1.165, 1.54) is 10.6 Å². The van der Waals surface area contributed by atoms with Gasteiger partial charge in [-0.15, -0.1) is 11.3 Å². The molecule has 0 saturated carbocycles. The molecule has 0 aliphatic rings. The minimum Gasteiger partial charge on any atom is -0.462 e. The van der Waals surface area contributed by atoms with Gasteiger partial charge in [-0.25, -0.2) is 13.6 Å². The van der Waals surface area contributed by atoms with E-state index >= 15 is 0 Å². The molecule has 0 aliphatic carbocycles. The predicted octanol–water partition coefficient (Wildman–Crippen LogP) is 3.41. The Morgan fingerprint density at radius 3 is 2.84 bits per heavy atom. The van der Waals surface area contributed by atoms with E-state index in [0.29, 0.717) is 11.4 Å². The molecule has 0 atom stereocenters. The number of benzene rings is 1. The summed E-state index contributed by atoms with van der Waals surface area (Å²) < 4.78 is 34.8. The average Bonchev–Trinajstić information content (AvgIpc) is 3.05. The van der Waals surface area contributed by atoms with Crippen LogP contribution in [0, 0.1) is 11.6 Å². The number of fused-ring (bicyclic) bond motifs is 3. The molecule has 0 unspecified atom stereocenters. The first-order valence-electron chi connectivity index (χ1n) is 7.61. The number of hydrogen-bond donors (Lipinski definition) is 0. The van der Waals surface area contributed by atoms with Gasteiger partial charge in [0.05, 0.1) is 23.1 Å². The van der Waals surface area contributed by atoms with E-state index in [-0.39, 0.29) is 28.6 Å². The van der Waals surface area contributed by atoms with Crippen molar-refractivity contribution < 1.29 is 18.3 Å². The Kier molecular flexibility index (Phi) is 4.63. The molecule has 0 aliphatic heterocycles. The van der Waals surface area contributed by atoms with E-state index in [4.69, 9.17) is 4.74 Å². The minimum absolute atomic E-state index is 0.0973. The first-order valence-corrected chi connectivity index (χ1v) is 8.49. The summed E-state index contributed by atoms with van der Waals surface area (Å²) in [6.07, 6.45) is 2.79.